The first-order valence-electron chi connectivity index (χ1n) is 12.2. The van der Waals surface area contributed by atoms with Crippen molar-refractivity contribution < 1.29 is 4.79 Å². The summed E-state index contributed by atoms with van der Waals surface area (Å²) in [6.07, 6.45) is 2.08. The highest BCUT2D eigenvalue weighted by Gasteiger charge is 2.24. The van der Waals surface area contributed by atoms with Crippen molar-refractivity contribution in [3.63, 3.8) is 0 Å². The van der Waals surface area contributed by atoms with Crippen LogP contribution in [0, 0.1) is 25.2 Å². The molecule has 3 aromatic rings. The predicted octanol–water partition coefficient (Wildman–Crippen LogP) is 5.13. The maximum Gasteiger partial charge on any atom is 0.237 e. The van der Waals surface area contributed by atoms with E-state index in [-0.39, 0.29) is 12.5 Å². The van der Waals surface area contributed by atoms with Crippen molar-refractivity contribution in [2.75, 3.05) is 33.2 Å². The van der Waals surface area contributed by atoms with Gasteiger partial charge in [0.1, 0.15) is 6.54 Å². The zero-order valence-electron chi connectivity index (χ0n) is 21.0. The average molecular weight is 458 g/mol. The van der Waals surface area contributed by atoms with Crippen LogP contribution in [-0.4, -0.2) is 58.9 Å². The number of nitrogens with one attached hydrogen (secondary N) is 1. The van der Waals surface area contributed by atoms with E-state index in [1.807, 2.05) is 19.9 Å². The first kappa shape index (κ1) is 24.0. The summed E-state index contributed by atoms with van der Waals surface area (Å²) in [6, 6.07) is 13.2. The number of likely N-dealkylation sites (N-methyl/N-ethyl adjacent to an activating group) is 1. The third-order valence-corrected chi connectivity index (χ3v) is 6.96. The Hall–Kier alpha value is -3.17. The van der Waals surface area contributed by atoms with Gasteiger partial charge in [0.25, 0.3) is 0 Å². The van der Waals surface area contributed by atoms with Crippen molar-refractivity contribution in [2.45, 2.75) is 52.4 Å². The van der Waals surface area contributed by atoms with Gasteiger partial charge in [-0.3, -0.25) is 14.7 Å². The molecule has 0 spiro atoms. The summed E-state index contributed by atoms with van der Waals surface area (Å²) in [6.45, 7) is 11.0. The molecule has 34 heavy (non-hydrogen) atoms. The molecule has 1 saturated heterocycles. The number of benzene rings is 1. The lowest BCUT2D eigenvalue weighted by atomic mass is 9.87. The summed E-state index contributed by atoms with van der Waals surface area (Å²) in [5.41, 5.74) is 8.40. The van der Waals surface area contributed by atoms with Gasteiger partial charge in [0.05, 0.1) is 18.3 Å². The number of hydrogen-bond donors (Lipinski definition) is 1. The third kappa shape index (κ3) is 5.00. The molecule has 4 rings (SSSR count). The molecule has 0 radical (unpaired) electrons. The number of aromatic amines is 1. The number of likely N-dealkylation sites (tertiary alicyclic amines) is 1. The molecule has 1 fully saturated rings. The molecule has 1 N–H and O–H groups in total. The first-order valence-corrected chi connectivity index (χ1v) is 12.2. The molecule has 3 heterocycles. The Kier molecular flexibility index (Phi) is 7.04. The van der Waals surface area contributed by atoms with Crippen LogP contribution in [0.25, 0.3) is 22.2 Å². The number of nitriles is 1. The Bertz CT molecular complexity index is 1210. The molecule has 178 valence electrons. The van der Waals surface area contributed by atoms with Gasteiger partial charge in [-0.15, -0.1) is 0 Å². The molecule has 0 atom stereocenters. The van der Waals surface area contributed by atoms with Gasteiger partial charge in [-0.25, -0.2) is 0 Å². The third-order valence-electron chi connectivity index (χ3n) is 6.96. The summed E-state index contributed by atoms with van der Waals surface area (Å²) in [5.74, 6) is 0.909. The first-order chi connectivity index (χ1) is 16.3. The van der Waals surface area contributed by atoms with Crippen molar-refractivity contribution in [1.82, 2.24) is 19.8 Å². The highest BCUT2D eigenvalue weighted by molar-refractivity contribution is 5.92. The number of H-pyrrole nitrogens is 1. The van der Waals surface area contributed by atoms with E-state index in [4.69, 9.17) is 5.26 Å². The lowest BCUT2D eigenvalue weighted by Crippen LogP contribution is -2.42. The van der Waals surface area contributed by atoms with Crippen LogP contribution in [0.2, 0.25) is 0 Å². The number of fused-ring (bicyclic) bond motifs is 1. The fourth-order valence-corrected chi connectivity index (χ4v) is 5.22. The Morgan fingerprint density at radius 3 is 2.50 bits per heavy atom. The standard InChI is InChI=1S/C28H35N5O/c1-18(2)27-24-16-22(21-8-11-33(12-9-21)17-26(34)32(5)13-10-29)6-7-25(24)31-28(27)23-14-19(3)30-20(4)15-23/h6-7,14-16,18,21,31H,8-9,11-13,17H2,1-5H3. The van der Waals surface area contributed by atoms with E-state index >= 15 is 0 Å². The second-order valence-electron chi connectivity index (χ2n) is 9.97. The summed E-state index contributed by atoms with van der Waals surface area (Å²) >= 11 is 0. The highest BCUT2D eigenvalue weighted by atomic mass is 16.2. The summed E-state index contributed by atoms with van der Waals surface area (Å²) in [4.78, 5) is 24.3. The van der Waals surface area contributed by atoms with E-state index in [0.717, 1.165) is 37.3 Å². The maximum absolute atomic E-state index is 12.3. The van der Waals surface area contributed by atoms with Gasteiger partial charge in [-0.2, -0.15) is 5.26 Å². The molecule has 0 saturated carbocycles. The number of aromatic nitrogens is 2. The number of nitrogens with zero attached hydrogens (tertiary/aromatic N) is 4. The Labute approximate surface area is 202 Å². The number of hydrogen-bond acceptors (Lipinski definition) is 4. The van der Waals surface area contributed by atoms with Crippen molar-refractivity contribution in [2.24, 2.45) is 0 Å². The predicted molar refractivity (Wildman–Crippen MR) is 137 cm³/mol. The Morgan fingerprint density at radius 2 is 1.88 bits per heavy atom. The Balaban J connectivity index is 1.56. The maximum atomic E-state index is 12.3. The number of piperidine rings is 1. The highest BCUT2D eigenvalue weighted by Crippen LogP contribution is 2.38. The molecule has 0 unspecified atom stereocenters. The zero-order valence-corrected chi connectivity index (χ0v) is 21.0. The van der Waals surface area contributed by atoms with E-state index < -0.39 is 0 Å². The summed E-state index contributed by atoms with van der Waals surface area (Å²) in [5, 5.41) is 10.1. The summed E-state index contributed by atoms with van der Waals surface area (Å²) < 4.78 is 0. The van der Waals surface area contributed by atoms with Crippen molar-refractivity contribution in [1.29, 1.82) is 5.26 Å². The van der Waals surface area contributed by atoms with Gasteiger partial charge in [0.2, 0.25) is 5.91 Å². The molecular formula is C28H35N5O. The number of carbonyl (C=O) groups is 1. The molecule has 2 aromatic heterocycles. The number of rotatable bonds is 6. The minimum Gasteiger partial charge on any atom is -0.354 e. The van der Waals surface area contributed by atoms with Gasteiger partial charge in [-0.05, 0) is 87.0 Å². The van der Waals surface area contributed by atoms with Crippen LogP contribution in [0.4, 0.5) is 0 Å². The van der Waals surface area contributed by atoms with Gasteiger partial charge < -0.3 is 9.88 Å². The fraction of sp³-hybridized carbons (Fsp3) is 0.464. The van der Waals surface area contributed by atoms with Gasteiger partial charge in [0.15, 0.2) is 0 Å². The van der Waals surface area contributed by atoms with E-state index in [2.05, 4.69) is 59.0 Å². The SMILES string of the molecule is Cc1cc(-c2[nH]c3ccc(C4CCN(CC(=O)N(C)CC#N)CC4)cc3c2C(C)C)cc(C)n1. The van der Waals surface area contributed by atoms with Crippen molar-refractivity contribution in [3.05, 3.63) is 52.8 Å². The molecule has 1 aliphatic heterocycles. The molecule has 1 aliphatic rings. The molecule has 1 aromatic carbocycles. The van der Waals surface area contributed by atoms with Crippen molar-refractivity contribution >= 4 is 16.8 Å². The number of pyridine rings is 1. The lowest BCUT2D eigenvalue weighted by Gasteiger charge is -2.32. The minimum atomic E-state index is 0.0180. The summed E-state index contributed by atoms with van der Waals surface area (Å²) in [7, 11) is 1.69. The van der Waals surface area contributed by atoms with E-state index in [0.29, 0.717) is 18.4 Å². The smallest absolute Gasteiger partial charge is 0.237 e. The molecule has 0 bridgehead atoms. The van der Waals surface area contributed by atoms with Crippen molar-refractivity contribution in [3.8, 4) is 17.3 Å². The fourth-order valence-electron chi connectivity index (χ4n) is 5.22. The van der Waals surface area contributed by atoms with E-state index in [9.17, 15) is 4.79 Å². The molecule has 6 nitrogen and oxygen atoms in total. The number of amides is 1. The lowest BCUT2D eigenvalue weighted by molar-refractivity contribution is -0.130. The monoisotopic (exact) mass is 457 g/mol. The van der Waals surface area contributed by atoms with E-state index in [1.54, 1.807) is 7.05 Å². The molecule has 6 heteroatoms. The van der Waals surface area contributed by atoms with Gasteiger partial charge in [0, 0.05) is 34.9 Å². The minimum absolute atomic E-state index is 0.0180. The topological polar surface area (TPSA) is 76.0 Å². The van der Waals surface area contributed by atoms with Crippen LogP contribution in [-0.2, 0) is 4.79 Å². The van der Waals surface area contributed by atoms with Crippen LogP contribution in [0.3, 0.4) is 0 Å². The van der Waals surface area contributed by atoms with Crippen LogP contribution >= 0.6 is 0 Å². The molecule has 0 aliphatic carbocycles. The quantitative estimate of drug-likeness (QED) is 0.521. The number of carbonyl (C=O) groups excluding carboxylic acids is 1. The zero-order chi connectivity index (χ0) is 24.4. The van der Waals surface area contributed by atoms with E-state index in [1.165, 1.54) is 38.2 Å². The molecular weight excluding hydrogens is 422 g/mol. The van der Waals surface area contributed by atoms with Crippen LogP contribution in [0.1, 0.15) is 61.0 Å². The van der Waals surface area contributed by atoms with Gasteiger partial charge >= 0.3 is 0 Å². The van der Waals surface area contributed by atoms with Crippen LogP contribution in [0.5, 0.6) is 0 Å². The van der Waals surface area contributed by atoms with Crippen LogP contribution < -0.4 is 0 Å². The molecule has 1 amide bonds. The largest absolute Gasteiger partial charge is 0.354 e. The second kappa shape index (κ2) is 9.99. The van der Waals surface area contributed by atoms with Gasteiger partial charge in [-0.1, -0.05) is 19.9 Å². The Morgan fingerprint density at radius 1 is 1.21 bits per heavy atom. The second-order valence-corrected chi connectivity index (χ2v) is 9.97. The normalized spacial score (nSPS) is 15.1. The number of aryl methyl sites for hydroxylation is 2. The van der Waals surface area contributed by atoms with Crippen LogP contribution in [0.15, 0.2) is 30.3 Å². The average Bonchev–Trinajstić information content (AvgIpc) is 3.18.